The van der Waals surface area contributed by atoms with Crippen LogP contribution >= 0.6 is 31.9 Å². The van der Waals surface area contributed by atoms with Crippen molar-refractivity contribution in [2.24, 2.45) is 0 Å². The molecule has 4 aromatic carbocycles. The Morgan fingerprint density at radius 3 is 1.32 bits per heavy atom. The standard InChI is InChI=1S/C30H24Br2O2/c31-19-9-11-23-24-12-10-20(32)16-28(24)30(18-34,27(23)15-19)14-13-29(17-33)25-7-3-1-5-21(25)22-6-2-4-8-26(22)29/h1-12,15-16,33-34H,13-14,17-18H2. The van der Waals surface area contributed by atoms with Gasteiger partial charge in [-0.25, -0.2) is 0 Å². The van der Waals surface area contributed by atoms with Crippen molar-refractivity contribution in [3.63, 3.8) is 0 Å². The smallest absolute Gasteiger partial charge is 0.0569 e. The normalized spacial score (nSPS) is 16.0. The van der Waals surface area contributed by atoms with Crippen LogP contribution < -0.4 is 0 Å². The van der Waals surface area contributed by atoms with Crippen molar-refractivity contribution in [2.45, 2.75) is 23.7 Å². The van der Waals surface area contributed by atoms with Gasteiger partial charge >= 0.3 is 0 Å². The molecule has 0 amide bonds. The van der Waals surface area contributed by atoms with Gasteiger partial charge in [0.1, 0.15) is 0 Å². The SMILES string of the molecule is OCC1(CCC2(CO)c3cc(Br)ccc3-c3ccc(Br)cc32)c2ccccc2-c2ccccc21. The third kappa shape index (κ3) is 2.99. The molecule has 0 aliphatic heterocycles. The molecule has 0 heterocycles. The molecular formula is C30H24Br2O2. The highest BCUT2D eigenvalue weighted by atomic mass is 79.9. The van der Waals surface area contributed by atoms with Crippen LogP contribution in [0.4, 0.5) is 0 Å². The van der Waals surface area contributed by atoms with Crippen molar-refractivity contribution in [1.29, 1.82) is 0 Å². The fraction of sp³-hybridized carbons (Fsp3) is 0.200. The zero-order valence-electron chi connectivity index (χ0n) is 18.6. The molecule has 0 unspecified atom stereocenters. The molecule has 2 nitrogen and oxygen atoms in total. The van der Waals surface area contributed by atoms with Crippen molar-refractivity contribution in [3.8, 4) is 22.3 Å². The van der Waals surface area contributed by atoms with Gasteiger partial charge in [-0.1, -0.05) is 92.5 Å². The van der Waals surface area contributed by atoms with Gasteiger partial charge in [0.2, 0.25) is 0 Å². The van der Waals surface area contributed by atoms with Crippen LogP contribution in [0, 0.1) is 0 Å². The van der Waals surface area contributed by atoms with Crippen molar-refractivity contribution in [1.82, 2.24) is 0 Å². The van der Waals surface area contributed by atoms with E-state index < -0.39 is 10.8 Å². The highest BCUT2D eigenvalue weighted by Gasteiger charge is 2.48. The fourth-order valence-electron chi connectivity index (χ4n) is 6.32. The number of halogens is 2. The molecule has 170 valence electrons. The molecule has 2 aliphatic carbocycles. The Balaban J connectivity index is 1.52. The van der Waals surface area contributed by atoms with Gasteiger partial charge < -0.3 is 10.2 Å². The summed E-state index contributed by atoms with van der Waals surface area (Å²) in [5, 5.41) is 22.0. The molecule has 0 radical (unpaired) electrons. The molecule has 4 aromatic rings. The maximum Gasteiger partial charge on any atom is 0.0569 e. The lowest BCUT2D eigenvalue weighted by Crippen LogP contribution is -2.36. The van der Waals surface area contributed by atoms with Crippen LogP contribution in [0.15, 0.2) is 93.9 Å². The molecule has 4 heteroatoms. The minimum atomic E-state index is -0.549. The van der Waals surface area contributed by atoms with Crippen LogP contribution in [-0.2, 0) is 10.8 Å². The van der Waals surface area contributed by atoms with E-state index >= 15 is 0 Å². The number of aliphatic hydroxyl groups is 2. The molecule has 0 aromatic heterocycles. The summed E-state index contributed by atoms with van der Waals surface area (Å²) in [6, 6.07) is 29.6. The summed E-state index contributed by atoms with van der Waals surface area (Å²) < 4.78 is 2.01. The largest absolute Gasteiger partial charge is 0.395 e. The minimum Gasteiger partial charge on any atom is -0.395 e. The first-order valence-corrected chi connectivity index (χ1v) is 13.1. The van der Waals surface area contributed by atoms with Gasteiger partial charge in [-0.2, -0.15) is 0 Å². The van der Waals surface area contributed by atoms with E-state index in [2.05, 4.69) is 117 Å². The van der Waals surface area contributed by atoms with Gasteiger partial charge in [0.05, 0.1) is 13.2 Å². The molecule has 0 saturated heterocycles. The van der Waals surface area contributed by atoms with Gasteiger partial charge in [0.25, 0.3) is 0 Å². The summed E-state index contributed by atoms with van der Waals surface area (Å²) in [5.74, 6) is 0. The van der Waals surface area contributed by atoms with Crippen LogP contribution in [0.2, 0.25) is 0 Å². The number of hydrogen-bond acceptors (Lipinski definition) is 2. The third-order valence-corrected chi connectivity index (χ3v) is 8.96. The summed E-state index contributed by atoms with van der Waals surface area (Å²) in [7, 11) is 0. The fourth-order valence-corrected chi connectivity index (χ4v) is 7.04. The molecule has 0 fully saturated rings. The molecule has 34 heavy (non-hydrogen) atoms. The van der Waals surface area contributed by atoms with Gasteiger partial charge in [0, 0.05) is 19.8 Å². The van der Waals surface area contributed by atoms with E-state index in [0.717, 1.165) is 26.5 Å². The zero-order chi connectivity index (χ0) is 23.5. The van der Waals surface area contributed by atoms with E-state index in [1.54, 1.807) is 0 Å². The Labute approximate surface area is 216 Å². The van der Waals surface area contributed by atoms with Gasteiger partial charge in [-0.05, 0) is 81.6 Å². The van der Waals surface area contributed by atoms with Gasteiger partial charge in [-0.3, -0.25) is 0 Å². The lowest BCUT2D eigenvalue weighted by molar-refractivity contribution is 0.177. The zero-order valence-corrected chi connectivity index (χ0v) is 21.7. The van der Waals surface area contributed by atoms with E-state index in [-0.39, 0.29) is 13.2 Å². The van der Waals surface area contributed by atoms with Crippen LogP contribution in [-0.4, -0.2) is 23.4 Å². The van der Waals surface area contributed by atoms with E-state index in [4.69, 9.17) is 0 Å². The molecule has 0 bridgehead atoms. The number of aliphatic hydroxyl groups excluding tert-OH is 2. The number of benzene rings is 4. The van der Waals surface area contributed by atoms with E-state index in [1.807, 2.05) is 0 Å². The van der Waals surface area contributed by atoms with Crippen molar-refractivity contribution >= 4 is 31.9 Å². The average Bonchev–Trinajstić information content (AvgIpc) is 3.30. The Bertz CT molecular complexity index is 1330. The molecule has 6 rings (SSSR count). The second-order valence-electron chi connectivity index (χ2n) is 9.45. The molecule has 2 aliphatic rings. The second-order valence-corrected chi connectivity index (χ2v) is 11.3. The molecule has 0 saturated carbocycles. The first-order chi connectivity index (χ1) is 16.5. The predicted octanol–water partition coefficient (Wildman–Crippen LogP) is 7.21. The number of fused-ring (bicyclic) bond motifs is 6. The lowest BCUT2D eigenvalue weighted by atomic mass is 9.68. The van der Waals surface area contributed by atoms with Crippen LogP contribution in [0.25, 0.3) is 22.3 Å². The van der Waals surface area contributed by atoms with Crippen molar-refractivity contribution in [2.75, 3.05) is 13.2 Å². The Hall–Kier alpha value is -2.24. The molecule has 2 N–H and O–H groups in total. The number of hydrogen-bond donors (Lipinski definition) is 2. The topological polar surface area (TPSA) is 40.5 Å². The Morgan fingerprint density at radius 2 is 0.882 bits per heavy atom. The van der Waals surface area contributed by atoms with Crippen LogP contribution in [0.5, 0.6) is 0 Å². The van der Waals surface area contributed by atoms with Crippen molar-refractivity contribution in [3.05, 3.63) is 116 Å². The summed E-state index contributed by atoms with van der Waals surface area (Å²) in [6.07, 6.45) is 1.43. The summed E-state index contributed by atoms with van der Waals surface area (Å²) in [5.41, 5.74) is 8.32. The Kier molecular flexibility index (Phi) is 5.34. The van der Waals surface area contributed by atoms with Gasteiger partial charge in [0.15, 0.2) is 0 Å². The summed E-state index contributed by atoms with van der Waals surface area (Å²) in [6.45, 7) is 0.0317. The quantitative estimate of drug-likeness (QED) is 0.264. The van der Waals surface area contributed by atoms with E-state index in [1.165, 1.54) is 33.4 Å². The lowest BCUT2D eigenvalue weighted by Gasteiger charge is -2.36. The third-order valence-electron chi connectivity index (χ3n) is 7.98. The monoisotopic (exact) mass is 574 g/mol. The minimum absolute atomic E-state index is 0.00467. The van der Waals surface area contributed by atoms with E-state index in [9.17, 15) is 10.2 Å². The second kappa shape index (κ2) is 8.17. The van der Waals surface area contributed by atoms with Crippen LogP contribution in [0.1, 0.15) is 35.1 Å². The molecular weight excluding hydrogens is 552 g/mol. The van der Waals surface area contributed by atoms with Crippen molar-refractivity contribution < 1.29 is 10.2 Å². The predicted molar refractivity (Wildman–Crippen MR) is 144 cm³/mol. The maximum atomic E-state index is 11.0. The molecule has 0 atom stereocenters. The number of rotatable bonds is 5. The summed E-state index contributed by atoms with van der Waals surface area (Å²) in [4.78, 5) is 0. The van der Waals surface area contributed by atoms with Gasteiger partial charge in [-0.15, -0.1) is 0 Å². The summed E-state index contributed by atoms with van der Waals surface area (Å²) >= 11 is 7.32. The molecule has 0 spiro atoms. The van der Waals surface area contributed by atoms with Crippen LogP contribution in [0.3, 0.4) is 0 Å². The highest BCUT2D eigenvalue weighted by molar-refractivity contribution is 9.10. The average molecular weight is 576 g/mol. The highest BCUT2D eigenvalue weighted by Crippen LogP contribution is 2.56. The maximum absolute atomic E-state index is 11.0. The Morgan fingerprint density at radius 1 is 0.500 bits per heavy atom. The first-order valence-electron chi connectivity index (χ1n) is 11.6. The van der Waals surface area contributed by atoms with E-state index in [0.29, 0.717) is 6.42 Å². The first kappa shape index (κ1) is 22.2.